The molecule has 1 aromatic heterocycles. The second-order valence-electron chi connectivity index (χ2n) is 7.47. The molecule has 0 unspecified atom stereocenters. The second kappa shape index (κ2) is 11.5. The summed E-state index contributed by atoms with van der Waals surface area (Å²) in [7, 11) is -2.06. The Morgan fingerprint density at radius 1 is 1.12 bits per heavy atom. The highest BCUT2D eigenvalue weighted by Gasteiger charge is 2.22. The molecule has 2 aromatic rings. The average molecular weight is 492 g/mol. The van der Waals surface area contributed by atoms with Crippen molar-refractivity contribution in [3.63, 3.8) is 0 Å². The third kappa shape index (κ3) is 6.94. The normalized spacial score (nSPS) is 13.8. The van der Waals surface area contributed by atoms with Gasteiger partial charge in [-0.2, -0.15) is 0 Å². The van der Waals surface area contributed by atoms with Crippen LogP contribution >= 0.6 is 0 Å². The monoisotopic (exact) mass is 491 g/mol. The first-order valence-corrected chi connectivity index (χ1v) is 12.5. The zero-order valence-electron chi connectivity index (χ0n) is 19.2. The van der Waals surface area contributed by atoms with E-state index in [1.165, 1.54) is 26.2 Å². The lowest BCUT2D eigenvalue weighted by Gasteiger charge is -2.34. The molecule has 1 fully saturated rings. The van der Waals surface area contributed by atoms with Gasteiger partial charge in [0.2, 0.25) is 21.9 Å². The van der Waals surface area contributed by atoms with Crippen molar-refractivity contribution in [2.24, 2.45) is 0 Å². The first-order chi connectivity index (χ1) is 16.3. The van der Waals surface area contributed by atoms with Crippen LogP contribution in [0.1, 0.15) is 13.3 Å². The number of hydrogen-bond donors (Lipinski definition) is 3. The van der Waals surface area contributed by atoms with Gasteiger partial charge in [-0.25, -0.2) is 23.2 Å². The fourth-order valence-corrected chi connectivity index (χ4v) is 3.97. The van der Waals surface area contributed by atoms with Gasteiger partial charge in [0.05, 0.1) is 18.6 Å². The molecule has 13 heteroatoms. The lowest BCUT2D eigenvalue weighted by atomic mass is 10.2. The van der Waals surface area contributed by atoms with Crippen LogP contribution in [0.25, 0.3) is 0 Å². The number of nitrogens with one attached hydrogen (secondary N) is 3. The van der Waals surface area contributed by atoms with Crippen LogP contribution in [0.2, 0.25) is 0 Å². The highest BCUT2D eigenvalue weighted by Crippen LogP contribution is 2.28. The fourth-order valence-electron chi connectivity index (χ4n) is 3.32. The van der Waals surface area contributed by atoms with E-state index in [1.807, 2.05) is 4.90 Å². The van der Waals surface area contributed by atoms with E-state index >= 15 is 0 Å². The number of amides is 3. The van der Waals surface area contributed by atoms with Crippen molar-refractivity contribution in [1.82, 2.24) is 20.2 Å². The number of ether oxygens (including phenoxy) is 1. The lowest BCUT2D eigenvalue weighted by molar-refractivity contribution is -0.131. The zero-order valence-corrected chi connectivity index (χ0v) is 20.0. The molecule has 0 atom stereocenters. The summed E-state index contributed by atoms with van der Waals surface area (Å²) < 4.78 is 31.2. The number of methoxy groups -OCH3 is 1. The first-order valence-electron chi connectivity index (χ1n) is 10.8. The van der Waals surface area contributed by atoms with Crippen LogP contribution in [0.3, 0.4) is 0 Å². The fraction of sp³-hybridized carbons (Fsp3) is 0.429. The molecule has 12 nitrogen and oxygen atoms in total. The summed E-state index contributed by atoms with van der Waals surface area (Å²) >= 11 is 0. The molecule has 34 heavy (non-hydrogen) atoms. The maximum atomic E-state index is 12.5. The number of benzene rings is 1. The lowest BCUT2D eigenvalue weighted by Crippen LogP contribution is -2.49. The minimum Gasteiger partial charge on any atom is -0.494 e. The molecule has 0 radical (unpaired) electrons. The molecule has 2 heterocycles. The van der Waals surface area contributed by atoms with Crippen LogP contribution < -0.4 is 25.0 Å². The van der Waals surface area contributed by atoms with Crippen LogP contribution in [0, 0.1) is 0 Å². The summed E-state index contributed by atoms with van der Waals surface area (Å²) in [6.45, 7) is 4.14. The third-order valence-electron chi connectivity index (χ3n) is 5.20. The number of nitrogens with zero attached hydrogens (tertiary/aromatic N) is 4. The maximum Gasteiger partial charge on any atom is 0.319 e. The Balaban J connectivity index is 1.42. The molecular formula is C21H29N7O5S. The summed E-state index contributed by atoms with van der Waals surface area (Å²) in [6, 6.07) is 5.84. The minimum absolute atomic E-state index is 0.0387. The van der Waals surface area contributed by atoms with Crippen LogP contribution in [-0.2, 0) is 14.8 Å². The van der Waals surface area contributed by atoms with E-state index in [1.54, 1.807) is 29.4 Å². The summed E-state index contributed by atoms with van der Waals surface area (Å²) in [6.07, 6.45) is 3.56. The number of aromatic nitrogens is 2. The van der Waals surface area contributed by atoms with E-state index in [0.29, 0.717) is 37.8 Å². The molecule has 184 valence electrons. The van der Waals surface area contributed by atoms with Crippen molar-refractivity contribution in [2.75, 3.05) is 60.5 Å². The number of anilines is 3. The van der Waals surface area contributed by atoms with Crippen molar-refractivity contribution in [3.8, 4) is 5.75 Å². The Kier molecular flexibility index (Phi) is 8.46. The van der Waals surface area contributed by atoms with Crippen molar-refractivity contribution < 1.29 is 22.7 Å². The van der Waals surface area contributed by atoms with Crippen molar-refractivity contribution in [1.29, 1.82) is 0 Å². The summed E-state index contributed by atoms with van der Waals surface area (Å²) in [5, 5.41) is 5.30. The van der Waals surface area contributed by atoms with Crippen LogP contribution in [0.5, 0.6) is 5.75 Å². The van der Waals surface area contributed by atoms with Crippen molar-refractivity contribution >= 4 is 39.3 Å². The molecule has 3 amide bonds. The van der Waals surface area contributed by atoms with Gasteiger partial charge in [0, 0.05) is 63.3 Å². The molecule has 0 bridgehead atoms. The van der Waals surface area contributed by atoms with E-state index in [4.69, 9.17) is 4.74 Å². The van der Waals surface area contributed by atoms with Gasteiger partial charge in [-0.15, -0.1) is 0 Å². The number of carbonyl (C=O) groups excluding carboxylic acids is 2. The van der Waals surface area contributed by atoms with Crippen LogP contribution in [0.15, 0.2) is 36.7 Å². The topological polar surface area (TPSA) is 146 Å². The maximum absolute atomic E-state index is 12.5. The highest BCUT2D eigenvalue weighted by molar-refractivity contribution is 7.92. The first kappa shape index (κ1) is 25.0. The predicted molar refractivity (Wildman–Crippen MR) is 129 cm³/mol. The van der Waals surface area contributed by atoms with Gasteiger partial charge in [-0.05, 0) is 25.1 Å². The molecule has 0 spiro atoms. The minimum atomic E-state index is -3.46. The number of carbonyl (C=O) groups is 2. The molecule has 1 aliphatic rings. The number of hydrogen-bond acceptors (Lipinski definition) is 8. The van der Waals surface area contributed by atoms with E-state index < -0.39 is 16.1 Å². The Hall–Kier alpha value is -3.61. The third-order valence-corrected chi connectivity index (χ3v) is 6.49. The number of piperazine rings is 1. The van der Waals surface area contributed by atoms with Crippen molar-refractivity contribution in [2.45, 2.75) is 13.3 Å². The van der Waals surface area contributed by atoms with Crippen LogP contribution in [-0.4, -0.2) is 80.8 Å². The molecule has 3 rings (SSSR count). The Morgan fingerprint density at radius 3 is 2.47 bits per heavy atom. The molecule has 3 N–H and O–H groups in total. The molecule has 1 aliphatic heterocycles. The van der Waals surface area contributed by atoms with Crippen LogP contribution in [0.4, 0.5) is 22.1 Å². The molecular weight excluding hydrogens is 462 g/mol. The summed E-state index contributed by atoms with van der Waals surface area (Å²) in [5.41, 5.74) is 0.694. The van der Waals surface area contributed by atoms with Gasteiger partial charge >= 0.3 is 6.03 Å². The van der Waals surface area contributed by atoms with E-state index in [0.717, 1.165) is 0 Å². The van der Waals surface area contributed by atoms with E-state index in [2.05, 4.69) is 25.3 Å². The predicted octanol–water partition coefficient (Wildman–Crippen LogP) is 1.11. The Morgan fingerprint density at radius 2 is 1.82 bits per heavy atom. The molecule has 1 saturated heterocycles. The molecule has 0 saturated carbocycles. The smallest absolute Gasteiger partial charge is 0.319 e. The van der Waals surface area contributed by atoms with Gasteiger partial charge in [-0.1, -0.05) is 0 Å². The zero-order chi connectivity index (χ0) is 24.6. The Bertz CT molecular complexity index is 1090. The van der Waals surface area contributed by atoms with Gasteiger partial charge < -0.3 is 25.2 Å². The SMILES string of the molecule is CCS(=O)(=O)Nc1ccc(NC(=O)NCCC(=O)N2CCN(c3ncccn3)CC2)cc1OC. The number of sulfonamides is 1. The standard InChI is InChI=1S/C21H29N7O5S/c1-3-34(31,32)26-17-6-5-16(15-18(17)33-2)25-21(30)24-10-7-19(29)27-11-13-28(14-12-27)20-22-8-4-9-23-20/h4-6,8-9,15,26H,3,7,10-14H2,1-2H3,(H2,24,25,30). The molecule has 1 aromatic carbocycles. The van der Waals surface area contributed by atoms with E-state index in [9.17, 15) is 18.0 Å². The highest BCUT2D eigenvalue weighted by atomic mass is 32.2. The quantitative estimate of drug-likeness (QED) is 0.473. The number of rotatable bonds is 9. The van der Waals surface area contributed by atoms with E-state index in [-0.39, 0.29) is 36.1 Å². The van der Waals surface area contributed by atoms with Crippen molar-refractivity contribution in [3.05, 3.63) is 36.7 Å². The molecule has 0 aliphatic carbocycles. The summed E-state index contributed by atoms with van der Waals surface area (Å²) in [4.78, 5) is 36.9. The van der Waals surface area contributed by atoms with Gasteiger partial charge in [-0.3, -0.25) is 9.52 Å². The second-order valence-corrected chi connectivity index (χ2v) is 9.48. The van der Waals surface area contributed by atoms with Gasteiger partial charge in [0.25, 0.3) is 0 Å². The summed E-state index contributed by atoms with van der Waals surface area (Å²) in [5.74, 6) is 0.808. The number of urea groups is 1. The Labute approximate surface area is 198 Å². The van der Waals surface area contributed by atoms with Gasteiger partial charge in [0.15, 0.2) is 0 Å². The largest absolute Gasteiger partial charge is 0.494 e. The van der Waals surface area contributed by atoms with Gasteiger partial charge in [0.1, 0.15) is 5.75 Å². The average Bonchev–Trinajstić information content (AvgIpc) is 2.85.